The lowest BCUT2D eigenvalue weighted by Gasteiger charge is -2.16. The van der Waals surface area contributed by atoms with E-state index in [0.29, 0.717) is 11.6 Å². The number of ether oxygens (including phenoxy) is 1. The molecule has 0 radical (unpaired) electrons. The molecule has 0 saturated heterocycles. The Morgan fingerprint density at radius 2 is 1.94 bits per heavy atom. The first kappa shape index (κ1) is 13.2. The third-order valence-electron chi connectivity index (χ3n) is 2.29. The molecule has 0 fully saturated rings. The zero-order chi connectivity index (χ0) is 12.2. The van der Waals surface area contributed by atoms with Gasteiger partial charge in [-0.2, -0.15) is 0 Å². The Morgan fingerprint density at radius 3 is 2.50 bits per heavy atom. The highest BCUT2D eigenvalue weighted by atomic mass is 35.5. The Labute approximate surface area is 102 Å². The van der Waals surface area contributed by atoms with Crippen LogP contribution in [0.25, 0.3) is 0 Å². The quantitative estimate of drug-likeness (QED) is 0.806. The molecule has 0 N–H and O–H groups in total. The van der Waals surface area contributed by atoms with E-state index in [1.165, 1.54) is 0 Å². The van der Waals surface area contributed by atoms with Gasteiger partial charge in [0.25, 0.3) is 0 Å². The van der Waals surface area contributed by atoms with Gasteiger partial charge in [-0.1, -0.05) is 50.6 Å². The van der Waals surface area contributed by atoms with Gasteiger partial charge in [0, 0.05) is 10.4 Å². The molecule has 1 aromatic carbocycles. The van der Waals surface area contributed by atoms with Crippen molar-refractivity contribution < 1.29 is 9.53 Å². The van der Waals surface area contributed by atoms with Crippen molar-refractivity contribution in [2.75, 3.05) is 6.61 Å². The molecule has 1 rings (SSSR count). The van der Waals surface area contributed by atoms with Gasteiger partial charge in [-0.3, -0.25) is 4.79 Å². The predicted molar refractivity (Wildman–Crippen MR) is 65.6 cm³/mol. The predicted octanol–water partition coefficient (Wildman–Crippen LogP) is 3.47. The molecule has 2 nitrogen and oxygen atoms in total. The van der Waals surface area contributed by atoms with Crippen LogP contribution >= 0.6 is 11.6 Å². The third-order valence-corrected chi connectivity index (χ3v) is 2.65. The van der Waals surface area contributed by atoms with E-state index >= 15 is 0 Å². The van der Waals surface area contributed by atoms with Crippen molar-refractivity contribution in [2.24, 2.45) is 5.41 Å². The summed E-state index contributed by atoms with van der Waals surface area (Å²) < 4.78 is 5.35. The molecular weight excluding hydrogens is 224 g/mol. The highest BCUT2D eigenvalue weighted by Gasteiger charge is 2.20. The van der Waals surface area contributed by atoms with Crippen molar-refractivity contribution in [1.82, 2.24) is 0 Å². The van der Waals surface area contributed by atoms with Crippen LogP contribution < -0.4 is 0 Å². The lowest BCUT2D eigenvalue weighted by Crippen LogP contribution is -2.24. The summed E-state index contributed by atoms with van der Waals surface area (Å²) in [5.74, 6) is 0.0968. The maximum absolute atomic E-state index is 11.6. The van der Waals surface area contributed by atoms with Crippen LogP contribution in [0.3, 0.4) is 0 Å². The molecule has 0 heterocycles. The summed E-state index contributed by atoms with van der Waals surface area (Å²) in [5.41, 5.74) is 0.561. The Bertz CT molecular complexity index is 366. The minimum Gasteiger partial charge on any atom is -0.369 e. The monoisotopic (exact) mass is 240 g/mol. The minimum absolute atomic E-state index is 0.0968. The topological polar surface area (TPSA) is 26.3 Å². The fraction of sp³-hybridized carbons (Fsp3) is 0.462. The second-order valence-corrected chi connectivity index (χ2v) is 5.16. The molecule has 3 heteroatoms. The molecule has 0 unspecified atom stereocenters. The van der Waals surface area contributed by atoms with Gasteiger partial charge in [-0.05, 0) is 11.6 Å². The zero-order valence-corrected chi connectivity index (χ0v) is 10.7. The average Bonchev–Trinajstić information content (AvgIpc) is 2.19. The van der Waals surface area contributed by atoms with Crippen LogP contribution in [0.15, 0.2) is 24.3 Å². The number of Topliss-reactive ketones (excluding diaryl/α,β-unsaturated/α-hetero) is 1. The summed E-state index contributed by atoms with van der Waals surface area (Å²) in [6, 6.07) is 7.47. The van der Waals surface area contributed by atoms with Gasteiger partial charge in [-0.25, -0.2) is 0 Å². The summed E-state index contributed by atoms with van der Waals surface area (Å²) >= 11 is 5.96. The van der Waals surface area contributed by atoms with E-state index in [4.69, 9.17) is 16.3 Å². The summed E-state index contributed by atoms with van der Waals surface area (Å²) in [6.45, 7) is 6.16. The number of rotatable bonds is 4. The maximum Gasteiger partial charge on any atom is 0.163 e. The molecule has 0 spiro atoms. The second-order valence-electron chi connectivity index (χ2n) is 4.76. The van der Waals surface area contributed by atoms with Crippen LogP contribution in [-0.2, 0) is 16.1 Å². The molecule has 0 atom stereocenters. The maximum atomic E-state index is 11.6. The molecule has 0 amide bonds. The van der Waals surface area contributed by atoms with Gasteiger partial charge in [-0.15, -0.1) is 0 Å². The number of carbonyl (C=O) groups excluding carboxylic acids is 1. The van der Waals surface area contributed by atoms with Crippen molar-refractivity contribution in [3.8, 4) is 0 Å². The second kappa shape index (κ2) is 5.46. The largest absolute Gasteiger partial charge is 0.369 e. The third kappa shape index (κ3) is 3.95. The highest BCUT2D eigenvalue weighted by molar-refractivity contribution is 6.31. The molecule has 0 aliphatic rings. The van der Waals surface area contributed by atoms with Crippen molar-refractivity contribution >= 4 is 17.4 Å². The van der Waals surface area contributed by atoms with Gasteiger partial charge < -0.3 is 4.74 Å². The number of benzene rings is 1. The van der Waals surface area contributed by atoms with Crippen LogP contribution in [0.1, 0.15) is 26.3 Å². The summed E-state index contributed by atoms with van der Waals surface area (Å²) in [6.07, 6.45) is 0. The lowest BCUT2D eigenvalue weighted by molar-refractivity contribution is -0.131. The van der Waals surface area contributed by atoms with Gasteiger partial charge in [0.2, 0.25) is 0 Å². The number of hydrogen-bond donors (Lipinski definition) is 0. The number of halogens is 1. The normalized spacial score (nSPS) is 11.5. The van der Waals surface area contributed by atoms with Crippen LogP contribution in [0.4, 0.5) is 0 Å². The molecular formula is C13H17ClO2. The Kier molecular flexibility index (Phi) is 4.51. The Balaban J connectivity index is 2.43. The van der Waals surface area contributed by atoms with Crippen LogP contribution in [0.5, 0.6) is 0 Å². The highest BCUT2D eigenvalue weighted by Crippen LogP contribution is 2.17. The van der Waals surface area contributed by atoms with E-state index in [1.54, 1.807) is 0 Å². The summed E-state index contributed by atoms with van der Waals surface area (Å²) in [5, 5.41) is 0.672. The van der Waals surface area contributed by atoms with Crippen molar-refractivity contribution in [1.29, 1.82) is 0 Å². The van der Waals surface area contributed by atoms with Crippen molar-refractivity contribution in [3.63, 3.8) is 0 Å². The molecule has 0 aromatic heterocycles. The standard InChI is InChI=1S/C13H17ClO2/c1-13(2,3)12(15)9-16-8-10-6-4-5-7-11(10)14/h4-7H,8-9H2,1-3H3. The number of hydrogen-bond acceptors (Lipinski definition) is 2. The number of ketones is 1. The first-order chi connectivity index (χ1) is 7.41. The van der Waals surface area contributed by atoms with Crippen LogP contribution in [0.2, 0.25) is 5.02 Å². The summed E-state index contributed by atoms with van der Waals surface area (Å²) in [7, 11) is 0. The first-order valence-corrected chi connectivity index (χ1v) is 5.63. The van der Waals surface area contributed by atoms with E-state index < -0.39 is 0 Å². The van der Waals surface area contributed by atoms with Gasteiger partial charge in [0.05, 0.1) is 6.61 Å². The van der Waals surface area contributed by atoms with Crippen molar-refractivity contribution in [2.45, 2.75) is 27.4 Å². The average molecular weight is 241 g/mol. The Morgan fingerprint density at radius 1 is 1.31 bits per heavy atom. The fourth-order valence-corrected chi connectivity index (χ4v) is 1.28. The minimum atomic E-state index is -0.347. The molecule has 0 aliphatic heterocycles. The Hall–Kier alpha value is -0.860. The first-order valence-electron chi connectivity index (χ1n) is 5.25. The van der Waals surface area contributed by atoms with E-state index in [-0.39, 0.29) is 17.8 Å². The summed E-state index contributed by atoms with van der Waals surface area (Å²) in [4.78, 5) is 11.6. The molecule has 88 valence electrons. The molecule has 0 saturated carbocycles. The van der Waals surface area contributed by atoms with Crippen molar-refractivity contribution in [3.05, 3.63) is 34.9 Å². The molecule has 0 aliphatic carbocycles. The van der Waals surface area contributed by atoms with Gasteiger partial charge in [0.15, 0.2) is 5.78 Å². The fourth-order valence-electron chi connectivity index (χ4n) is 1.09. The van der Waals surface area contributed by atoms with Gasteiger partial charge >= 0.3 is 0 Å². The van der Waals surface area contributed by atoms with E-state index in [9.17, 15) is 4.79 Å². The lowest BCUT2D eigenvalue weighted by atomic mass is 9.91. The number of carbonyl (C=O) groups is 1. The molecule has 0 bridgehead atoms. The van der Waals surface area contributed by atoms with Gasteiger partial charge in [0.1, 0.15) is 6.61 Å². The van der Waals surface area contributed by atoms with E-state index in [1.807, 2.05) is 45.0 Å². The van der Waals surface area contributed by atoms with Crippen LogP contribution in [0, 0.1) is 5.41 Å². The zero-order valence-electron chi connectivity index (χ0n) is 9.92. The van der Waals surface area contributed by atoms with E-state index in [0.717, 1.165) is 5.56 Å². The molecule has 16 heavy (non-hydrogen) atoms. The smallest absolute Gasteiger partial charge is 0.163 e. The SMILES string of the molecule is CC(C)(C)C(=O)COCc1ccccc1Cl. The van der Waals surface area contributed by atoms with Crippen LogP contribution in [-0.4, -0.2) is 12.4 Å². The molecule has 1 aromatic rings. The van der Waals surface area contributed by atoms with E-state index in [2.05, 4.69) is 0 Å².